The summed E-state index contributed by atoms with van der Waals surface area (Å²) in [5, 5.41) is 0. The molecule has 1 amide bonds. The molecule has 2 aromatic carbocycles. The minimum absolute atomic E-state index is 0.234. The number of benzene rings is 2. The van der Waals surface area contributed by atoms with Crippen LogP contribution in [0.1, 0.15) is 17.5 Å². The van der Waals surface area contributed by atoms with Gasteiger partial charge in [-0.1, -0.05) is 42.5 Å². The molecule has 0 aromatic heterocycles. The molecular weight excluding hydrogens is 300 g/mol. The second-order valence-electron chi connectivity index (χ2n) is 6.26. The van der Waals surface area contributed by atoms with Gasteiger partial charge in [-0.05, 0) is 23.3 Å². The molecule has 0 N–H and O–H groups in total. The van der Waals surface area contributed by atoms with Crippen LogP contribution in [0, 0.1) is 0 Å². The first-order valence-electron chi connectivity index (χ1n) is 8.43. The summed E-state index contributed by atoms with van der Waals surface area (Å²) < 4.78 is 5.90. The van der Waals surface area contributed by atoms with Crippen molar-refractivity contribution in [2.75, 3.05) is 26.7 Å². The van der Waals surface area contributed by atoms with Gasteiger partial charge in [-0.25, -0.2) is 0 Å². The van der Waals surface area contributed by atoms with E-state index in [0.717, 1.165) is 37.5 Å². The van der Waals surface area contributed by atoms with Crippen LogP contribution in [0.3, 0.4) is 0 Å². The van der Waals surface area contributed by atoms with Crippen molar-refractivity contribution in [2.45, 2.75) is 19.6 Å². The topological polar surface area (TPSA) is 32.8 Å². The maximum atomic E-state index is 11.8. The van der Waals surface area contributed by atoms with Crippen molar-refractivity contribution in [1.29, 1.82) is 0 Å². The van der Waals surface area contributed by atoms with Gasteiger partial charge in [-0.3, -0.25) is 9.69 Å². The van der Waals surface area contributed by atoms with Crippen LogP contribution in [-0.4, -0.2) is 42.4 Å². The van der Waals surface area contributed by atoms with Gasteiger partial charge in [0.05, 0.1) is 0 Å². The second kappa shape index (κ2) is 7.97. The molecule has 0 spiro atoms. The fraction of sp³-hybridized carbons (Fsp3) is 0.350. The van der Waals surface area contributed by atoms with Crippen LogP contribution in [-0.2, 0) is 17.9 Å². The van der Waals surface area contributed by atoms with Gasteiger partial charge in [0.1, 0.15) is 12.4 Å². The van der Waals surface area contributed by atoms with E-state index in [4.69, 9.17) is 4.74 Å². The Hall–Kier alpha value is -2.33. The predicted molar refractivity (Wildman–Crippen MR) is 94.7 cm³/mol. The molecule has 0 aliphatic carbocycles. The van der Waals surface area contributed by atoms with Gasteiger partial charge in [-0.2, -0.15) is 0 Å². The molecule has 1 saturated heterocycles. The molecule has 1 aliphatic heterocycles. The Labute approximate surface area is 143 Å². The summed E-state index contributed by atoms with van der Waals surface area (Å²) in [5.41, 5.74) is 2.38. The summed E-state index contributed by atoms with van der Waals surface area (Å²) in [6.07, 6.45) is 0.598. The molecule has 3 rings (SSSR count). The number of carbonyl (C=O) groups is 1. The zero-order valence-corrected chi connectivity index (χ0v) is 14.1. The highest BCUT2D eigenvalue weighted by atomic mass is 16.5. The lowest BCUT2D eigenvalue weighted by molar-refractivity contribution is -0.129. The van der Waals surface area contributed by atoms with Crippen molar-refractivity contribution in [3.8, 4) is 5.75 Å². The van der Waals surface area contributed by atoms with Gasteiger partial charge in [0.15, 0.2) is 0 Å². The summed E-state index contributed by atoms with van der Waals surface area (Å²) in [5.74, 6) is 1.12. The Balaban J connectivity index is 1.58. The van der Waals surface area contributed by atoms with Crippen LogP contribution in [0.15, 0.2) is 54.6 Å². The van der Waals surface area contributed by atoms with E-state index in [1.165, 1.54) is 5.56 Å². The van der Waals surface area contributed by atoms with Crippen LogP contribution in [0.2, 0.25) is 0 Å². The van der Waals surface area contributed by atoms with Crippen molar-refractivity contribution in [3.05, 3.63) is 65.7 Å². The average Bonchev–Trinajstić information content (AvgIpc) is 2.77. The fourth-order valence-corrected chi connectivity index (χ4v) is 2.86. The summed E-state index contributed by atoms with van der Waals surface area (Å²) in [4.78, 5) is 15.9. The lowest BCUT2D eigenvalue weighted by Gasteiger charge is -2.20. The van der Waals surface area contributed by atoms with Gasteiger partial charge in [0.25, 0.3) is 0 Å². The normalized spacial score (nSPS) is 16.0. The average molecular weight is 324 g/mol. The maximum Gasteiger partial charge on any atom is 0.223 e. The fourth-order valence-electron chi connectivity index (χ4n) is 2.86. The molecule has 0 unspecified atom stereocenters. The molecule has 0 saturated carbocycles. The van der Waals surface area contributed by atoms with E-state index >= 15 is 0 Å². The largest absolute Gasteiger partial charge is 0.489 e. The first kappa shape index (κ1) is 16.5. The number of carbonyl (C=O) groups excluding carboxylic acids is 1. The lowest BCUT2D eigenvalue weighted by atomic mass is 10.2. The SMILES string of the molecule is CN1CCN(Cc2cccc(OCc3ccccc3)c2)CCC1=O. The molecule has 0 atom stereocenters. The minimum atomic E-state index is 0.234. The lowest BCUT2D eigenvalue weighted by Crippen LogP contribution is -2.29. The summed E-state index contributed by atoms with van der Waals surface area (Å²) >= 11 is 0. The van der Waals surface area contributed by atoms with Gasteiger partial charge in [-0.15, -0.1) is 0 Å². The third-order valence-electron chi connectivity index (χ3n) is 4.37. The van der Waals surface area contributed by atoms with Gasteiger partial charge in [0.2, 0.25) is 5.91 Å². The number of nitrogens with zero attached hydrogens (tertiary/aromatic N) is 2. The highest BCUT2D eigenvalue weighted by molar-refractivity contribution is 5.76. The number of ether oxygens (including phenoxy) is 1. The molecule has 4 nitrogen and oxygen atoms in total. The molecule has 126 valence electrons. The quantitative estimate of drug-likeness (QED) is 0.848. The van der Waals surface area contributed by atoms with E-state index < -0.39 is 0 Å². The van der Waals surface area contributed by atoms with Gasteiger partial charge in [0, 0.05) is 39.6 Å². The number of hydrogen-bond acceptors (Lipinski definition) is 3. The minimum Gasteiger partial charge on any atom is -0.489 e. The van der Waals surface area contributed by atoms with Crippen LogP contribution in [0.5, 0.6) is 5.75 Å². The molecule has 1 aliphatic rings. The zero-order chi connectivity index (χ0) is 16.8. The Morgan fingerprint density at radius 2 is 1.75 bits per heavy atom. The Kier molecular flexibility index (Phi) is 5.49. The third kappa shape index (κ3) is 4.59. The van der Waals surface area contributed by atoms with Crippen LogP contribution >= 0.6 is 0 Å². The summed E-state index contributed by atoms with van der Waals surface area (Å²) in [6, 6.07) is 18.4. The van der Waals surface area contributed by atoms with Crippen LogP contribution in [0.25, 0.3) is 0 Å². The first-order chi connectivity index (χ1) is 11.7. The Bertz CT molecular complexity index is 672. The van der Waals surface area contributed by atoms with Crippen molar-refractivity contribution in [3.63, 3.8) is 0 Å². The molecule has 0 bridgehead atoms. The number of hydrogen-bond donors (Lipinski definition) is 0. The van der Waals surface area contributed by atoms with E-state index in [1.807, 2.05) is 42.3 Å². The van der Waals surface area contributed by atoms with Gasteiger partial charge >= 0.3 is 0 Å². The van der Waals surface area contributed by atoms with Gasteiger partial charge < -0.3 is 9.64 Å². The van der Waals surface area contributed by atoms with Crippen molar-refractivity contribution >= 4 is 5.91 Å². The van der Waals surface area contributed by atoms with E-state index in [2.05, 4.69) is 29.2 Å². The highest BCUT2D eigenvalue weighted by Crippen LogP contribution is 2.17. The number of rotatable bonds is 5. The van der Waals surface area contributed by atoms with Crippen molar-refractivity contribution in [2.24, 2.45) is 0 Å². The van der Waals surface area contributed by atoms with E-state index in [1.54, 1.807) is 0 Å². The predicted octanol–water partition coefficient (Wildman–Crippen LogP) is 2.93. The molecule has 1 heterocycles. The molecular formula is C20H24N2O2. The smallest absolute Gasteiger partial charge is 0.223 e. The first-order valence-corrected chi connectivity index (χ1v) is 8.43. The van der Waals surface area contributed by atoms with Crippen molar-refractivity contribution < 1.29 is 9.53 Å². The van der Waals surface area contributed by atoms with Crippen LogP contribution < -0.4 is 4.74 Å². The molecule has 0 radical (unpaired) electrons. The highest BCUT2D eigenvalue weighted by Gasteiger charge is 2.17. The maximum absolute atomic E-state index is 11.8. The molecule has 24 heavy (non-hydrogen) atoms. The Morgan fingerprint density at radius 3 is 2.58 bits per heavy atom. The zero-order valence-electron chi connectivity index (χ0n) is 14.1. The number of amides is 1. The summed E-state index contributed by atoms with van der Waals surface area (Å²) in [7, 11) is 1.88. The standard InChI is InChI=1S/C20H24N2O2/c1-21-12-13-22(11-10-20(21)23)15-18-8-5-9-19(14-18)24-16-17-6-3-2-4-7-17/h2-9,14H,10-13,15-16H2,1H3. The summed E-state index contributed by atoms with van der Waals surface area (Å²) in [6.45, 7) is 3.95. The molecule has 1 fully saturated rings. The van der Waals surface area contributed by atoms with Crippen LogP contribution in [0.4, 0.5) is 0 Å². The third-order valence-corrected chi connectivity index (χ3v) is 4.37. The number of likely N-dealkylation sites (N-methyl/N-ethyl adjacent to an activating group) is 1. The molecule has 4 heteroatoms. The second-order valence-corrected chi connectivity index (χ2v) is 6.26. The van der Waals surface area contributed by atoms with Crippen molar-refractivity contribution in [1.82, 2.24) is 9.80 Å². The van der Waals surface area contributed by atoms with E-state index in [0.29, 0.717) is 13.0 Å². The Morgan fingerprint density at radius 1 is 0.958 bits per heavy atom. The molecule has 2 aromatic rings. The monoisotopic (exact) mass is 324 g/mol. The van der Waals surface area contributed by atoms with E-state index in [9.17, 15) is 4.79 Å². The van der Waals surface area contributed by atoms with E-state index in [-0.39, 0.29) is 5.91 Å².